The maximum Gasteiger partial charge on any atom is 0.421 e. The fourth-order valence-electron chi connectivity index (χ4n) is 3.21. The highest BCUT2D eigenvalue weighted by molar-refractivity contribution is 8.76. The molecular weight excluding hydrogens is 596 g/mol. The molecule has 0 heterocycles. The van der Waals surface area contributed by atoms with E-state index < -0.39 is 66.7 Å². The maximum absolute atomic E-state index is 12.9. The zero-order valence-corrected chi connectivity index (χ0v) is 24.3. The highest BCUT2D eigenvalue weighted by Crippen LogP contribution is 2.21. The topological polar surface area (TPSA) is 255 Å². The monoisotopic (exact) mass is 630 g/mol. The van der Waals surface area contributed by atoms with E-state index in [1.54, 1.807) is 31.2 Å². The molecule has 42 heavy (non-hydrogen) atoms. The van der Waals surface area contributed by atoms with Gasteiger partial charge in [-0.25, -0.2) is 10.6 Å². The second-order valence-corrected chi connectivity index (χ2v) is 11.3. The molecule has 0 aliphatic rings. The lowest BCUT2D eigenvalue weighted by Crippen LogP contribution is -2.56. The Kier molecular flexibility index (Phi) is 17.1. The molecule has 0 radical (unpaired) electrons. The SMILES string of the molecule is C[C@H](CSSCCOC(=O)NN)NC(=O)[C@H](CC(=O)O)NC(=O)[C@H](CC(=O)O)NC(=O)Cc1ccc(CNC=O)cc1. The van der Waals surface area contributed by atoms with Crippen molar-refractivity contribution in [2.24, 2.45) is 5.84 Å². The summed E-state index contributed by atoms with van der Waals surface area (Å²) in [4.78, 5) is 82.2. The van der Waals surface area contributed by atoms with Crippen molar-refractivity contribution in [3.8, 4) is 0 Å². The second-order valence-electron chi connectivity index (χ2n) is 8.67. The summed E-state index contributed by atoms with van der Waals surface area (Å²) in [5.74, 6) is 0.407. The van der Waals surface area contributed by atoms with Gasteiger partial charge in [0.15, 0.2) is 0 Å². The number of ether oxygens (including phenoxy) is 1. The number of carboxylic acid groups (broad SMARTS) is 2. The number of rotatable bonds is 20. The van der Waals surface area contributed by atoms with Crippen LogP contribution in [0.3, 0.4) is 0 Å². The predicted octanol–water partition coefficient (Wildman–Crippen LogP) is -1.12. The molecule has 0 aliphatic heterocycles. The Morgan fingerprint density at radius 1 is 0.905 bits per heavy atom. The maximum atomic E-state index is 12.9. The third-order valence-electron chi connectivity index (χ3n) is 5.13. The van der Waals surface area contributed by atoms with Gasteiger partial charge in [0.1, 0.15) is 18.7 Å². The van der Waals surface area contributed by atoms with E-state index in [2.05, 4.69) is 21.3 Å². The van der Waals surface area contributed by atoms with Crippen LogP contribution < -0.4 is 32.5 Å². The highest BCUT2D eigenvalue weighted by atomic mass is 33.1. The summed E-state index contributed by atoms with van der Waals surface area (Å²) in [6.45, 7) is 2.06. The number of carbonyl (C=O) groups is 7. The van der Waals surface area contributed by atoms with E-state index in [1.807, 2.05) is 5.43 Å². The van der Waals surface area contributed by atoms with Crippen LogP contribution in [-0.2, 0) is 46.5 Å². The van der Waals surface area contributed by atoms with Gasteiger partial charge in [-0.1, -0.05) is 45.9 Å². The van der Waals surface area contributed by atoms with E-state index in [0.717, 1.165) is 5.56 Å². The number of amides is 5. The fourth-order valence-corrected chi connectivity index (χ4v) is 5.32. The molecule has 5 amide bonds. The Bertz CT molecular complexity index is 1090. The van der Waals surface area contributed by atoms with E-state index >= 15 is 0 Å². The van der Waals surface area contributed by atoms with Gasteiger partial charge >= 0.3 is 18.0 Å². The van der Waals surface area contributed by atoms with Crippen molar-refractivity contribution < 1.29 is 48.5 Å². The van der Waals surface area contributed by atoms with Crippen LogP contribution in [0.2, 0.25) is 0 Å². The summed E-state index contributed by atoms with van der Waals surface area (Å²) in [6.07, 6.45) is -2.01. The number of nitrogens with one attached hydrogen (secondary N) is 5. The minimum Gasteiger partial charge on any atom is -0.481 e. The lowest BCUT2D eigenvalue weighted by atomic mass is 10.1. The largest absolute Gasteiger partial charge is 0.481 e. The summed E-state index contributed by atoms with van der Waals surface area (Å²) in [5, 5.41) is 28.1. The number of benzene rings is 1. The molecule has 0 fully saturated rings. The Hall–Kier alpha value is -4.03. The summed E-state index contributed by atoms with van der Waals surface area (Å²) >= 11 is 0. The van der Waals surface area contributed by atoms with Crippen LogP contribution in [0.5, 0.6) is 0 Å². The molecule has 18 heteroatoms. The van der Waals surface area contributed by atoms with Crippen molar-refractivity contribution in [1.29, 1.82) is 0 Å². The quantitative estimate of drug-likeness (QED) is 0.0212. The van der Waals surface area contributed by atoms with Crippen molar-refractivity contribution in [2.75, 3.05) is 18.1 Å². The number of aliphatic carboxylic acids is 2. The first kappa shape index (κ1) is 36.0. The van der Waals surface area contributed by atoms with Crippen LogP contribution in [-0.4, -0.2) is 88.6 Å². The zero-order valence-electron chi connectivity index (χ0n) is 22.6. The summed E-state index contributed by atoms with van der Waals surface area (Å²) in [7, 11) is 2.71. The lowest BCUT2D eigenvalue weighted by molar-refractivity contribution is -0.143. The van der Waals surface area contributed by atoms with Gasteiger partial charge in [-0.15, -0.1) is 0 Å². The predicted molar refractivity (Wildman–Crippen MR) is 153 cm³/mol. The summed E-state index contributed by atoms with van der Waals surface area (Å²) in [6, 6.07) is 3.06. The Morgan fingerprint density at radius 2 is 1.48 bits per heavy atom. The van der Waals surface area contributed by atoms with E-state index in [1.165, 1.54) is 21.6 Å². The Labute approximate surface area is 249 Å². The molecule has 3 atom stereocenters. The van der Waals surface area contributed by atoms with Crippen molar-refractivity contribution in [2.45, 2.75) is 50.9 Å². The van der Waals surface area contributed by atoms with Crippen molar-refractivity contribution in [1.82, 2.24) is 26.7 Å². The van der Waals surface area contributed by atoms with Crippen LogP contribution in [0, 0.1) is 0 Å². The van der Waals surface area contributed by atoms with Gasteiger partial charge in [0, 0.05) is 24.1 Å². The van der Waals surface area contributed by atoms with Gasteiger partial charge in [-0.2, -0.15) is 0 Å². The number of carbonyl (C=O) groups excluding carboxylic acids is 5. The number of hydrogen-bond acceptors (Lipinski definition) is 11. The molecule has 16 nitrogen and oxygen atoms in total. The molecule has 1 aromatic rings. The minimum atomic E-state index is -1.58. The zero-order chi connectivity index (χ0) is 31.5. The standard InChI is InChI=1S/C24H34N6O10S2/c1-14(12-42-41-7-6-40-24(39)30-25)27-22(37)18(10-21(35)36)29-23(38)17(9-20(33)34)28-19(32)8-15-2-4-16(5-3-15)11-26-13-31/h2-5,13-14,17-18H,6-12,25H2,1H3,(H,26,31)(H,27,37)(H,28,32)(H,29,38)(H,30,39)(H,33,34)(H,35,36)/t14-,17+,18+/m1/s1. The van der Waals surface area contributed by atoms with Crippen molar-refractivity contribution in [3.05, 3.63) is 35.4 Å². The molecular formula is C24H34N6O10S2. The van der Waals surface area contributed by atoms with Crippen LogP contribution in [0.4, 0.5) is 4.79 Å². The second kappa shape index (κ2) is 19.9. The third-order valence-corrected chi connectivity index (χ3v) is 7.67. The third kappa shape index (κ3) is 15.7. The minimum absolute atomic E-state index is 0.106. The Morgan fingerprint density at radius 3 is 2.05 bits per heavy atom. The summed E-state index contributed by atoms with van der Waals surface area (Å²) < 4.78 is 4.73. The van der Waals surface area contributed by atoms with Crippen molar-refractivity contribution >= 4 is 63.8 Å². The average molecular weight is 631 g/mol. The molecule has 0 saturated carbocycles. The smallest absolute Gasteiger partial charge is 0.421 e. The van der Waals surface area contributed by atoms with Crippen LogP contribution in [0.1, 0.15) is 30.9 Å². The molecule has 1 rings (SSSR count). The molecule has 0 aliphatic carbocycles. The normalized spacial score (nSPS) is 12.5. The van der Waals surface area contributed by atoms with Gasteiger partial charge in [0.2, 0.25) is 24.1 Å². The van der Waals surface area contributed by atoms with Gasteiger partial charge in [0.25, 0.3) is 0 Å². The van der Waals surface area contributed by atoms with Gasteiger partial charge in [-0.05, 0) is 18.1 Å². The molecule has 0 aromatic heterocycles. The molecule has 1 aromatic carbocycles. The van der Waals surface area contributed by atoms with Crippen molar-refractivity contribution in [3.63, 3.8) is 0 Å². The molecule has 0 bridgehead atoms. The van der Waals surface area contributed by atoms with Gasteiger partial charge in [0.05, 0.1) is 19.3 Å². The highest BCUT2D eigenvalue weighted by Gasteiger charge is 2.30. The molecule has 232 valence electrons. The van der Waals surface area contributed by atoms with E-state index in [-0.39, 0.29) is 13.0 Å². The van der Waals surface area contributed by atoms with Crippen LogP contribution in [0.25, 0.3) is 0 Å². The molecule has 0 unspecified atom stereocenters. The summed E-state index contributed by atoms with van der Waals surface area (Å²) in [5.41, 5.74) is 3.16. The average Bonchev–Trinajstić information content (AvgIpc) is 2.92. The molecule has 9 N–H and O–H groups in total. The first-order valence-corrected chi connectivity index (χ1v) is 14.9. The van der Waals surface area contributed by atoms with E-state index in [4.69, 9.17) is 10.6 Å². The van der Waals surface area contributed by atoms with E-state index in [0.29, 0.717) is 30.0 Å². The van der Waals surface area contributed by atoms with Gasteiger partial charge in [-0.3, -0.25) is 34.2 Å². The van der Waals surface area contributed by atoms with E-state index in [9.17, 15) is 43.8 Å². The Balaban J connectivity index is 2.72. The fraction of sp³-hybridized carbons (Fsp3) is 0.458. The number of nitrogens with two attached hydrogens (primary N) is 1. The molecule has 0 spiro atoms. The lowest BCUT2D eigenvalue weighted by Gasteiger charge is -2.23. The van der Waals surface area contributed by atoms with Gasteiger partial charge < -0.3 is 36.2 Å². The molecule has 0 saturated heterocycles. The van der Waals surface area contributed by atoms with Crippen LogP contribution in [0.15, 0.2) is 24.3 Å². The first-order chi connectivity index (χ1) is 19.9. The first-order valence-electron chi connectivity index (χ1n) is 12.4. The van der Waals surface area contributed by atoms with Crippen LogP contribution >= 0.6 is 21.6 Å². The number of hydrazine groups is 1. The number of carboxylic acids is 2. The number of hydrogen-bond donors (Lipinski definition) is 8.